The van der Waals surface area contributed by atoms with Gasteiger partial charge in [0.1, 0.15) is 11.3 Å². The molecule has 4 N–H and O–H groups in total. The smallest absolute Gasteiger partial charge is 0.347 e. The third-order valence-electron chi connectivity index (χ3n) is 5.65. The van der Waals surface area contributed by atoms with E-state index in [0.717, 1.165) is 0 Å². The lowest BCUT2D eigenvalue weighted by molar-refractivity contribution is 0.0726. The first-order chi connectivity index (χ1) is 16.3. The Labute approximate surface area is 206 Å². The zero-order valence-electron chi connectivity index (χ0n) is 19.5. The summed E-state index contributed by atoms with van der Waals surface area (Å²) in [4.78, 5) is 38.0. The van der Waals surface area contributed by atoms with Crippen LogP contribution in [0, 0.1) is 13.8 Å². The van der Waals surface area contributed by atoms with Gasteiger partial charge in [-0.1, -0.05) is 18.2 Å². The average molecular weight is 501 g/mol. The van der Waals surface area contributed by atoms with Gasteiger partial charge in [-0.15, -0.1) is 12.4 Å². The Balaban J connectivity index is 0.00000342. The van der Waals surface area contributed by atoms with E-state index < -0.39 is 11.9 Å². The maximum atomic E-state index is 12.8. The Morgan fingerprint density at radius 2 is 1.34 bits per heavy atom. The molecule has 0 radical (unpaired) electrons. The van der Waals surface area contributed by atoms with E-state index >= 15 is 0 Å². The molecule has 35 heavy (non-hydrogen) atoms. The molecule has 11 heteroatoms. The topological polar surface area (TPSA) is 142 Å². The van der Waals surface area contributed by atoms with E-state index in [1.54, 1.807) is 56.3 Å². The van der Waals surface area contributed by atoms with Gasteiger partial charge in [0.05, 0.1) is 25.3 Å². The van der Waals surface area contributed by atoms with Gasteiger partial charge < -0.3 is 24.4 Å². The molecule has 10 nitrogen and oxygen atoms in total. The molecule has 0 spiro atoms. The average Bonchev–Trinajstić information content (AvgIpc) is 3.35. The van der Waals surface area contributed by atoms with Crippen molar-refractivity contribution >= 4 is 18.4 Å². The largest absolute Gasteiger partial charge is 0.496 e. The molecular formula is C24H25ClN4O6. The number of rotatable bonds is 7. The molecule has 2 aromatic heterocycles. The molecule has 4 rings (SSSR count). The molecule has 0 aliphatic rings. The number of halogens is 1. The number of carbonyl (C=O) groups excluding carboxylic acids is 1. The number of carbonyl (C=O) groups is 1. The fourth-order valence-electron chi connectivity index (χ4n) is 4.00. The Kier molecular flexibility index (Phi) is 7.55. The molecule has 0 saturated carbocycles. The van der Waals surface area contributed by atoms with Gasteiger partial charge in [-0.3, -0.25) is 19.8 Å². The fourth-order valence-corrected chi connectivity index (χ4v) is 4.00. The van der Waals surface area contributed by atoms with Crippen LogP contribution in [0.4, 0.5) is 0 Å². The van der Waals surface area contributed by atoms with E-state index in [0.29, 0.717) is 33.8 Å². The molecule has 0 aliphatic heterocycles. The number of nitrogens with one attached hydrogen (secondary N) is 4. The summed E-state index contributed by atoms with van der Waals surface area (Å²) in [5.41, 5.74) is 2.18. The van der Waals surface area contributed by atoms with Crippen molar-refractivity contribution in [2.75, 3.05) is 14.2 Å². The van der Waals surface area contributed by atoms with Crippen LogP contribution in [0.3, 0.4) is 0 Å². The van der Waals surface area contributed by atoms with Crippen LogP contribution >= 0.6 is 12.4 Å². The second kappa shape index (κ2) is 10.4. The van der Waals surface area contributed by atoms with Gasteiger partial charge in [0, 0.05) is 17.3 Å². The van der Waals surface area contributed by atoms with Gasteiger partial charge in [0.2, 0.25) is 0 Å². The number of ether oxygens (including phenoxy) is 3. The van der Waals surface area contributed by atoms with E-state index in [1.165, 1.54) is 14.2 Å². The number of hydrogen-bond donors (Lipinski definition) is 4. The molecule has 2 aromatic carbocycles. The molecule has 184 valence electrons. The molecule has 0 saturated heterocycles. The summed E-state index contributed by atoms with van der Waals surface area (Å²) in [6, 6.07) is 11.6. The van der Waals surface area contributed by atoms with Gasteiger partial charge >= 0.3 is 5.97 Å². The van der Waals surface area contributed by atoms with Crippen molar-refractivity contribution < 1.29 is 19.0 Å². The van der Waals surface area contributed by atoms with Gasteiger partial charge in [0.15, 0.2) is 11.5 Å². The van der Waals surface area contributed by atoms with Gasteiger partial charge in [0.25, 0.3) is 11.1 Å². The van der Waals surface area contributed by atoms with Crippen molar-refractivity contribution in [3.63, 3.8) is 0 Å². The molecule has 2 heterocycles. The third-order valence-corrected chi connectivity index (χ3v) is 5.65. The molecule has 0 aliphatic carbocycles. The minimum Gasteiger partial charge on any atom is -0.496 e. The van der Waals surface area contributed by atoms with Crippen molar-refractivity contribution in [2.24, 2.45) is 0 Å². The van der Waals surface area contributed by atoms with Crippen molar-refractivity contribution in [2.45, 2.75) is 19.8 Å². The lowest BCUT2D eigenvalue weighted by Gasteiger charge is -2.18. The van der Waals surface area contributed by atoms with Crippen LogP contribution in [0.15, 0.2) is 52.1 Å². The molecule has 0 unspecified atom stereocenters. The van der Waals surface area contributed by atoms with Crippen molar-refractivity contribution in [3.05, 3.63) is 96.8 Å². The Hall–Kier alpha value is -4.18. The van der Waals surface area contributed by atoms with Gasteiger partial charge in [-0.05, 0) is 43.7 Å². The molecule has 0 fully saturated rings. The number of aromatic nitrogens is 4. The minimum atomic E-state index is -0.696. The monoisotopic (exact) mass is 500 g/mol. The highest BCUT2D eigenvalue weighted by Gasteiger charge is 2.29. The SMILES string of the molecule is COc1cc(C(c2c(C)[nH][nH]c2=O)c2c(C)[nH][nH]c2=O)ccc1OC(=O)c1ccccc1OC.Cl. The zero-order chi connectivity index (χ0) is 24.4. The molecule has 0 amide bonds. The summed E-state index contributed by atoms with van der Waals surface area (Å²) in [5.74, 6) is -0.485. The van der Waals surface area contributed by atoms with Crippen LogP contribution < -0.4 is 25.3 Å². The second-order valence-electron chi connectivity index (χ2n) is 7.67. The number of esters is 1. The highest BCUT2D eigenvalue weighted by Crippen LogP contribution is 2.37. The standard InChI is InChI=1S/C24H24N4O6.ClH/c1-12-19(22(29)27-25-12)21(20-13(2)26-28-23(20)30)14-9-10-17(18(11-14)33-4)34-24(31)15-7-5-6-8-16(15)32-3;/h5-11,21H,1-4H3,(H2,25,27,29)(H2,26,28,30);1H. The van der Waals surface area contributed by atoms with E-state index in [-0.39, 0.29) is 40.6 Å². The lowest BCUT2D eigenvalue weighted by Crippen LogP contribution is -2.20. The summed E-state index contributed by atoms with van der Waals surface area (Å²) in [7, 11) is 2.91. The van der Waals surface area contributed by atoms with E-state index in [9.17, 15) is 14.4 Å². The van der Waals surface area contributed by atoms with Crippen molar-refractivity contribution in [3.8, 4) is 17.2 Å². The first-order valence-corrected chi connectivity index (χ1v) is 10.4. The summed E-state index contributed by atoms with van der Waals surface area (Å²) in [6.07, 6.45) is 0. The first-order valence-electron chi connectivity index (χ1n) is 10.4. The highest BCUT2D eigenvalue weighted by molar-refractivity contribution is 5.94. The van der Waals surface area contributed by atoms with E-state index in [2.05, 4.69) is 20.4 Å². The number of para-hydroxylation sites is 1. The number of aromatic amines is 4. The Morgan fingerprint density at radius 1 is 0.771 bits per heavy atom. The number of hydrogen-bond acceptors (Lipinski definition) is 6. The Morgan fingerprint density at radius 3 is 1.86 bits per heavy atom. The summed E-state index contributed by atoms with van der Waals surface area (Å²) in [6.45, 7) is 3.49. The highest BCUT2D eigenvalue weighted by atomic mass is 35.5. The quantitative estimate of drug-likeness (QED) is 0.227. The van der Waals surface area contributed by atoms with Gasteiger partial charge in [-0.25, -0.2) is 4.79 Å². The van der Waals surface area contributed by atoms with Crippen LogP contribution in [-0.4, -0.2) is 40.6 Å². The van der Waals surface area contributed by atoms with Gasteiger partial charge in [-0.2, -0.15) is 0 Å². The van der Waals surface area contributed by atoms with Crippen molar-refractivity contribution in [1.29, 1.82) is 0 Å². The molecule has 0 atom stereocenters. The normalized spacial score (nSPS) is 10.7. The predicted octanol–water partition coefficient (Wildman–Crippen LogP) is 3.17. The lowest BCUT2D eigenvalue weighted by atomic mass is 9.85. The second-order valence-corrected chi connectivity index (χ2v) is 7.67. The van der Waals surface area contributed by atoms with E-state index in [1.807, 2.05) is 0 Å². The minimum absolute atomic E-state index is 0. The number of H-pyrrole nitrogens is 4. The van der Waals surface area contributed by atoms with Crippen LogP contribution in [0.25, 0.3) is 0 Å². The maximum Gasteiger partial charge on any atom is 0.347 e. The van der Waals surface area contributed by atoms with Crippen LogP contribution in [-0.2, 0) is 0 Å². The van der Waals surface area contributed by atoms with E-state index in [4.69, 9.17) is 14.2 Å². The Bertz CT molecular complexity index is 1410. The molecular weight excluding hydrogens is 476 g/mol. The summed E-state index contributed by atoms with van der Waals surface area (Å²) in [5, 5.41) is 10.8. The molecule has 0 bridgehead atoms. The molecule has 4 aromatic rings. The number of benzene rings is 2. The zero-order valence-corrected chi connectivity index (χ0v) is 20.3. The van der Waals surface area contributed by atoms with Crippen LogP contribution in [0.1, 0.15) is 44.4 Å². The third kappa shape index (κ3) is 4.73. The van der Waals surface area contributed by atoms with Crippen LogP contribution in [0.5, 0.6) is 17.2 Å². The van der Waals surface area contributed by atoms with Crippen LogP contribution in [0.2, 0.25) is 0 Å². The van der Waals surface area contributed by atoms with Crippen molar-refractivity contribution in [1.82, 2.24) is 20.4 Å². The maximum absolute atomic E-state index is 12.8. The summed E-state index contributed by atoms with van der Waals surface area (Å²) >= 11 is 0. The first kappa shape index (κ1) is 25.4. The summed E-state index contributed by atoms with van der Waals surface area (Å²) < 4.78 is 16.3. The fraction of sp³-hybridized carbons (Fsp3) is 0.208. The number of methoxy groups -OCH3 is 2. The number of aryl methyl sites for hydroxylation is 2. The predicted molar refractivity (Wildman–Crippen MR) is 131 cm³/mol.